The minimum atomic E-state index is -0.338. The van der Waals surface area contributed by atoms with Crippen LogP contribution >= 0.6 is 0 Å². The van der Waals surface area contributed by atoms with Crippen molar-refractivity contribution < 1.29 is 9.53 Å². The third-order valence-corrected chi connectivity index (χ3v) is 2.14. The van der Waals surface area contributed by atoms with Gasteiger partial charge in [0, 0.05) is 12.3 Å². The lowest BCUT2D eigenvalue weighted by atomic mass is 10.1. The second-order valence-electron chi connectivity index (χ2n) is 3.94. The zero-order valence-electron chi connectivity index (χ0n) is 8.23. The predicted octanol–water partition coefficient (Wildman–Crippen LogP) is 1.22. The lowest BCUT2D eigenvalue weighted by Gasteiger charge is -2.37. The normalized spacial score (nSPS) is 18.3. The molecule has 1 aliphatic heterocycles. The quantitative estimate of drug-likeness (QED) is 0.628. The van der Waals surface area contributed by atoms with Gasteiger partial charge in [0.25, 0.3) is 0 Å². The third kappa shape index (κ3) is 1.43. The summed E-state index contributed by atoms with van der Waals surface area (Å²) in [5, 5.41) is 0. The van der Waals surface area contributed by atoms with E-state index in [-0.39, 0.29) is 5.60 Å². The molecule has 2 rings (SSSR count). The van der Waals surface area contributed by atoms with Crippen LogP contribution < -0.4 is 9.64 Å². The van der Waals surface area contributed by atoms with Gasteiger partial charge in [-0.25, -0.2) is 0 Å². The van der Waals surface area contributed by atoms with Crippen molar-refractivity contribution in [1.29, 1.82) is 0 Å². The first-order valence-electron chi connectivity index (χ1n) is 4.47. The Hall–Kier alpha value is -1.58. The van der Waals surface area contributed by atoms with Gasteiger partial charge in [-0.05, 0) is 13.8 Å². The highest BCUT2D eigenvalue weighted by Crippen LogP contribution is 2.34. The molecule has 74 valence electrons. The molecule has 4 heteroatoms. The fraction of sp³-hybridized carbons (Fsp3) is 0.400. The number of pyridine rings is 1. The maximum Gasteiger partial charge on any atom is 0.214 e. The average Bonchev–Trinajstić information content (AvgIpc) is 2.15. The van der Waals surface area contributed by atoms with E-state index in [1.165, 1.54) is 0 Å². The SMILES string of the molecule is CC1(C)CN(C=O)c2cnccc2O1. The van der Waals surface area contributed by atoms with E-state index in [1.807, 2.05) is 13.8 Å². The van der Waals surface area contributed by atoms with Gasteiger partial charge in [-0.3, -0.25) is 9.78 Å². The second kappa shape index (κ2) is 2.97. The molecule has 1 aromatic rings. The maximum atomic E-state index is 10.9. The summed E-state index contributed by atoms with van der Waals surface area (Å²) in [6.45, 7) is 4.45. The summed E-state index contributed by atoms with van der Waals surface area (Å²) in [5.74, 6) is 0.711. The molecule has 0 unspecified atom stereocenters. The summed E-state index contributed by atoms with van der Waals surface area (Å²) < 4.78 is 5.71. The minimum Gasteiger partial charge on any atom is -0.484 e. The van der Waals surface area contributed by atoms with Crippen molar-refractivity contribution in [3.8, 4) is 5.75 Å². The Bertz CT molecular complexity index is 363. The zero-order valence-corrected chi connectivity index (χ0v) is 8.23. The first-order chi connectivity index (χ1) is 6.62. The molecule has 0 spiro atoms. The molecule has 0 saturated heterocycles. The van der Waals surface area contributed by atoms with E-state index in [0.29, 0.717) is 12.3 Å². The van der Waals surface area contributed by atoms with E-state index in [2.05, 4.69) is 4.98 Å². The second-order valence-corrected chi connectivity index (χ2v) is 3.94. The Morgan fingerprint density at radius 2 is 2.43 bits per heavy atom. The topological polar surface area (TPSA) is 42.4 Å². The summed E-state index contributed by atoms with van der Waals surface area (Å²) in [6, 6.07) is 1.77. The van der Waals surface area contributed by atoms with Crippen LogP contribution in [-0.4, -0.2) is 23.5 Å². The van der Waals surface area contributed by atoms with Gasteiger partial charge in [0.05, 0.1) is 12.7 Å². The molecule has 14 heavy (non-hydrogen) atoms. The van der Waals surface area contributed by atoms with E-state index < -0.39 is 0 Å². The lowest BCUT2D eigenvalue weighted by Crippen LogP contribution is -2.46. The molecular weight excluding hydrogens is 180 g/mol. The van der Waals surface area contributed by atoms with Gasteiger partial charge in [0.15, 0.2) is 0 Å². The molecule has 0 aromatic carbocycles. The number of carbonyl (C=O) groups is 1. The van der Waals surface area contributed by atoms with Crippen molar-refractivity contribution >= 4 is 12.1 Å². The molecule has 1 amide bonds. The highest BCUT2D eigenvalue weighted by Gasteiger charge is 2.31. The van der Waals surface area contributed by atoms with E-state index in [1.54, 1.807) is 23.4 Å². The summed E-state index contributed by atoms with van der Waals surface area (Å²) >= 11 is 0. The molecule has 1 aromatic heterocycles. The molecule has 0 radical (unpaired) electrons. The van der Waals surface area contributed by atoms with Crippen molar-refractivity contribution in [3.05, 3.63) is 18.5 Å². The van der Waals surface area contributed by atoms with Gasteiger partial charge in [-0.15, -0.1) is 0 Å². The first kappa shape index (κ1) is 8.99. The van der Waals surface area contributed by atoms with Gasteiger partial charge >= 0.3 is 0 Å². The van der Waals surface area contributed by atoms with Gasteiger partial charge in [-0.1, -0.05) is 0 Å². The maximum absolute atomic E-state index is 10.9. The molecular formula is C10H12N2O2. The van der Waals surface area contributed by atoms with Crippen molar-refractivity contribution in [2.24, 2.45) is 0 Å². The molecule has 0 bridgehead atoms. The Labute approximate surface area is 82.5 Å². The summed E-state index contributed by atoms with van der Waals surface area (Å²) in [5.41, 5.74) is 0.400. The number of rotatable bonds is 1. The minimum absolute atomic E-state index is 0.338. The van der Waals surface area contributed by atoms with Gasteiger partial charge in [0.2, 0.25) is 6.41 Å². The van der Waals surface area contributed by atoms with Crippen LogP contribution in [0.3, 0.4) is 0 Å². The Balaban J connectivity index is 2.46. The first-order valence-corrected chi connectivity index (χ1v) is 4.47. The van der Waals surface area contributed by atoms with E-state index >= 15 is 0 Å². The molecule has 0 atom stereocenters. The molecule has 0 N–H and O–H groups in total. The van der Waals surface area contributed by atoms with Crippen LogP contribution in [0.25, 0.3) is 0 Å². The fourth-order valence-electron chi connectivity index (χ4n) is 1.59. The summed E-state index contributed by atoms with van der Waals surface area (Å²) in [4.78, 5) is 16.4. The number of ether oxygens (including phenoxy) is 1. The number of amides is 1. The lowest BCUT2D eigenvalue weighted by molar-refractivity contribution is -0.108. The van der Waals surface area contributed by atoms with E-state index in [9.17, 15) is 4.79 Å². The Morgan fingerprint density at radius 3 is 3.14 bits per heavy atom. The Kier molecular flexibility index (Phi) is 1.91. The van der Waals surface area contributed by atoms with Crippen molar-refractivity contribution in [2.45, 2.75) is 19.4 Å². The molecule has 4 nitrogen and oxygen atoms in total. The Morgan fingerprint density at radius 1 is 1.64 bits per heavy atom. The van der Waals surface area contributed by atoms with Gasteiger partial charge in [0.1, 0.15) is 17.0 Å². The molecule has 0 saturated carbocycles. The highest BCUT2D eigenvalue weighted by molar-refractivity contribution is 5.79. The van der Waals surface area contributed by atoms with Crippen LogP contribution in [0, 0.1) is 0 Å². The van der Waals surface area contributed by atoms with Crippen LogP contribution in [-0.2, 0) is 4.79 Å². The summed E-state index contributed by atoms with van der Waals surface area (Å²) in [6.07, 6.45) is 4.10. The van der Waals surface area contributed by atoms with Crippen LogP contribution in [0.4, 0.5) is 5.69 Å². The number of hydrogen-bond acceptors (Lipinski definition) is 3. The van der Waals surface area contributed by atoms with Gasteiger partial charge in [-0.2, -0.15) is 0 Å². The third-order valence-electron chi connectivity index (χ3n) is 2.14. The van der Waals surface area contributed by atoms with Crippen LogP contribution in [0.1, 0.15) is 13.8 Å². The molecule has 2 heterocycles. The number of hydrogen-bond donors (Lipinski definition) is 0. The van der Waals surface area contributed by atoms with Crippen LogP contribution in [0.2, 0.25) is 0 Å². The monoisotopic (exact) mass is 192 g/mol. The number of nitrogens with zero attached hydrogens (tertiary/aromatic N) is 2. The van der Waals surface area contributed by atoms with Crippen LogP contribution in [0.5, 0.6) is 5.75 Å². The number of fused-ring (bicyclic) bond motifs is 1. The van der Waals surface area contributed by atoms with Crippen molar-refractivity contribution in [2.75, 3.05) is 11.4 Å². The number of anilines is 1. The highest BCUT2D eigenvalue weighted by atomic mass is 16.5. The summed E-state index contributed by atoms with van der Waals surface area (Å²) in [7, 11) is 0. The molecule has 1 aliphatic rings. The largest absolute Gasteiger partial charge is 0.484 e. The molecule has 0 aliphatic carbocycles. The average molecular weight is 192 g/mol. The standard InChI is InChI=1S/C10H12N2O2/c1-10(2)6-12(7-13)8-5-11-4-3-9(8)14-10/h3-5,7H,6H2,1-2H3. The van der Waals surface area contributed by atoms with Crippen molar-refractivity contribution in [1.82, 2.24) is 4.98 Å². The number of aromatic nitrogens is 1. The predicted molar refractivity (Wildman–Crippen MR) is 52.4 cm³/mol. The van der Waals surface area contributed by atoms with E-state index in [4.69, 9.17) is 4.74 Å². The smallest absolute Gasteiger partial charge is 0.214 e. The fourth-order valence-corrected chi connectivity index (χ4v) is 1.59. The van der Waals surface area contributed by atoms with Gasteiger partial charge < -0.3 is 9.64 Å². The van der Waals surface area contributed by atoms with E-state index in [0.717, 1.165) is 12.1 Å². The molecule has 0 fully saturated rings. The zero-order chi connectivity index (χ0) is 10.2. The number of carbonyl (C=O) groups excluding carboxylic acids is 1. The van der Waals surface area contributed by atoms with Crippen LogP contribution in [0.15, 0.2) is 18.5 Å². The van der Waals surface area contributed by atoms with Crippen molar-refractivity contribution in [3.63, 3.8) is 0 Å².